The smallest absolute Gasteiger partial charge is 0.355 e. The number of hydrogen-bond donors (Lipinski definition) is 0. The molecule has 0 unspecified atom stereocenters. The molecule has 114 valence electrons. The Balaban J connectivity index is 2.09. The maximum Gasteiger partial charge on any atom is 0.355 e. The Morgan fingerprint density at radius 3 is 2.77 bits per heavy atom. The molecule has 0 aliphatic heterocycles. The first kappa shape index (κ1) is 14.4. The second-order valence-corrected chi connectivity index (χ2v) is 5.16. The van der Waals surface area contributed by atoms with Gasteiger partial charge in [-0.15, -0.1) is 0 Å². The summed E-state index contributed by atoms with van der Waals surface area (Å²) in [6.07, 6.45) is 1.93. The third kappa shape index (κ3) is 2.50. The molecule has 0 saturated carbocycles. The van der Waals surface area contributed by atoms with Gasteiger partial charge in [-0.05, 0) is 36.8 Å². The number of rotatable bonds is 4. The van der Waals surface area contributed by atoms with Crippen molar-refractivity contribution in [3.05, 3.63) is 59.7 Å². The van der Waals surface area contributed by atoms with Crippen molar-refractivity contribution in [2.24, 2.45) is 7.05 Å². The highest BCUT2D eigenvalue weighted by atomic mass is 19.1. The maximum atomic E-state index is 13.4. The number of nitrogens with zero attached hydrogens (tertiary/aromatic N) is 2. The van der Waals surface area contributed by atoms with Gasteiger partial charge in [0.25, 0.3) is 0 Å². The Morgan fingerprint density at radius 2 is 2.05 bits per heavy atom. The van der Waals surface area contributed by atoms with Crippen molar-refractivity contribution in [2.75, 3.05) is 6.61 Å². The number of esters is 1. The molecule has 22 heavy (non-hydrogen) atoms. The van der Waals surface area contributed by atoms with E-state index in [0.29, 0.717) is 18.8 Å². The van der Waals surface area contributed by atoms with Crippen LogP contribution in [0.2, 0.25) is 0 Å². The van der Waals surface area contributed by atoms with Crippen LogP contribution in [0.3, 0.4) is 0 Å². The first-order valence-corrected chi connectivity index (χ1v) is 7.16. The van der Waals surface area contributed by atoms with Crippen LogP contribution in [0.4, 0.5) is 4.39 Å². The van der Waals surface area contributed by atoms with Gasteiger partial charge in [0, 0.05) is 19.8 Å². The lowest BCUT2D eigenvalue weighted by Crippen LogP contribution is -2.12. The third-order valence-electron chi connectivity index (χ3n) is 3.67. The van der Waals surface area contributed by atoms with Gasteiger partial charge < -0.3 is 13.9 Å². The van der Waals surface area contributed by atoms with E-state index in [1.165, 1.54) is 12.1 Å². The van der Waals surface area contributed by atoms with Crippen LogP contribution in [0.1, 0.15) is 23.0 Å². The van der Waals surface area contributed by atoms with Gasteiger partial charge in [0.1, 0.15) is 11.5 Å². The minimum absolute atomic E-state index is 0.286. The molecule has 0 N–H and O–H groups in total. The van der Waals surface area contributed by atoms with E-state index >= 15 is 0 Å². The number of aryl methyl sites for hydroxylation is 1. The minimum atomic E-state index is -0.366. The largest absolute Gasteiger partial charge is 0.461 e. The molecule has 3 rings (SSSR count). The topological polar surface area (TPSA) is 36.2 Å². The van der Waals surface area contributed by atoms with Gasteiger partial charge in [-0.1, -0.05) is 12.1 Å². The molecular weight excluding hydrogens is 283 g/mol. The summed E-state index contributed by atoms with van der Waals surface area (Å²) in [7, 11) is 1.92. The second-order valence-electron chi connectivity index (χ2n) is 5.16. The standard InChI is InChI=1S/C17H17FN2O2/c1-3-22-17(21)16-10-15-14(7-8-19(15)2)20(16)11-12-5-4-6-13(18)9-12/h4-10H,3,11H2,1-2H3. The SMILES string of the molecule is CCOC(=O)c1cc2c(ccn2C)n1Cc1cccc(F)c1. The Hall–Kier alpha value is -2.56. The van der Waals surface area contributed by atoms with Crippen LogP contribution in [0.15, 0.2) is 42.6 Å². The summed E-state index contributed by atoms with van der Waals surface area (Å²) < 4.78 is 22.3. The predicted octanol–water partition coefficient (Wildman–Crippen LogP) is 3.34. The highest BCUT2D eigenvalue weighted by Gasteiger charge is 2.18. The van der Waals surface area contributed by atoms with Gasteiger partial charge >= 0.3 is 5.97 Å². The first-order valence-electron chi connectivity index (χ1n) is 7.16. The number of halogens is 1. The maximum absolute atomic E-state index is 13.4. The van der Waals surface area contributed by atoms with Gasteiger partial charge in [0.05, 0.1) is 17.6 Å². The molecule has 3 aromatic rings. The van der Waals surface area contributed by atoms with E-state index in [-0.39, 0.29) is 11.8 Å². The van der Waals surface area contributed by atoms with Crippen LogP contribution in [0.5, 0.6) is 0 Å². The van der Waals surface area contributed by atoms with Crippen molar-refractivity contribution in [3.8, 4) is 0 Å². The number of carbonyl (C=O) groups is 1. The molecule has 0 spiro atoms. The van der Waals surface area contributed by atoms with Gasteiger partial charge in [-0.3, -0.25) is 0 Å². The summed E-state index contributed by atoms with van der Waals surface area (Å²) in [5.74, 6) is -0.651. The molecule has 0 fully saturated rings. The van der Waals surface area contributed by atoms with E-state index in [9.17, 15) is 9.18 Å². The third-order valence-corrected chi connectivity index (χ3v) is 3.67. The number of ether oxygens (including phenoxy) is 1. The zero-order valence-electron chi connectivity index (χ0n) is 12.5. The van der Waals surface area contributed by atoms with Gasteiger partial charge in [0.2, 0.25) is 0 Å². The van der Waals surface area contributed by atoms with Gasteiger partial charge in [-0.2, -0.15) is 0 Å². The van der Waals surface area contributed by atoms with Crippen LogP contribution in [0, 0.1) is 5.82 Å². The summed E-state index contributed by atoms with van der Waals surface area (Å²) >= 11 is 0. The number of aromatic nitrogens is 2. The lowest BCUT2D eigenvalue weighted by Gasteiger charge is -2.09. The Bertz CT molecular complexity index is 832. The van der Waals surface area contributed by atoms with Crippen molar-refractivity contribution in [2.45, 2.75) is 13.5 Å². The summed E-state index contributed by atoms with van der Waals surface area (Å²) in [6, 6.07) is 10.1. The fraction of sp³-hybridized carbons (Fsp3) is 0.235. The number of fused-ring (bicyclic) bond motifs is 1. The molecule has 0 atom stereocenters. The van der Waals surface area contributed by atoms with Crippen molar-refractivity contribution >= 4 is 17.0 Å². The normalized spacial score (nSPS) is 11.0. The van der Waals surface area contributed by atoms with E-state index in [0.717, 1.165) is 16.6 Å². The van der Waals surface area contributed by atoms with Crippen molar-refractivity contribution in [1.29, 1.82) is 0 Å². The number of hydrogen-bond acceptors (Lipinski definition) is 2. The summed E-state index contributed by atoms with van der Waals surface area (Å²) in [5, 5.41) is 0. The highest BCUT2D eigenvalue weighted by Crippen LogP contribution is 2.23. The van der Waals surface area contributed by atoms with E-state index in [2.05, 4.69) is 0 Å². The predicted molar refractivity (Wildman–Crippen MR) is 82.4 cm³/mol. The molecule has 0 bridgehead atoms. The van der Waals surface area contributed by atoms with Crippen LogP contribution < -0.4 is 0 Å². The molecule has 0 aliphatic rings. The van der Waals surface area contributed by atoms with Crippen LogP contribution in [0.25, 0.3) is 11.0 Å². The molecule has 0 saturated heterocycles. The Labute approximate surface area is 127 Å². The van der Waals surface area contributed by atoms with Crippen molar-refractivity contribution in [1.82, 2.24) is 9.13 Å². The molecule has 0 radical (unpaired) electrons. The number of benzene rings is 1. The minimum Gasteiger partial charge on any atom is -0.461 e. The van der Waals surface area contributed by atoms with Crippen molar-refractivity contribution < 1.29 is 13.9 Å². The van der Waals surface area contributed by atoms with E-state index in [4.69, 9.17) is 4.74 Å². The molecule has 4 nitrogen and oxygen atoms in total. The zero-order valence-corrected chi connectivity index (χ0v) is 12.5. The average Bonchev–Trinajstić information content (AvgIpc) is 3.01. The highest BCUT2D eigenvalue weighted by molar-refractivity contribution is 5.95. The van der Waals surface area contributed by atoms with Crippen LogP contribution >= 0.6 is 0 Å². The molecular formula is C17H17FN2O2. The first-order chi connectivity index (χ1) is 10.6. The van der Waals surface area contributed by atoms with E-state index in [1.54, 1.807) is 13.0 Å². The summed E-state index contributed by atoms with van der Waals surface area (Å²) in [5.41, 5.74) is 3.15. The monoisotopic (exact) mass is 300 g/mol. The average molecular weight is 300 g/mol. The van der Waals surface area contributed by atoms with Crippen LogP contribution in [-0.2, 0) is 18.3 Å². The molecule has 5 heteroatoms. The molecule has 1 aromatic carbocycles. The Morgan fingerprint density at radius 1 is 1.23 bits per heavy atom. The number of carbonyl (C=O) groups excluding carboxylic acids is 1. The van der Waals surface area contributed by atoms with E-state index < -0.39 is 0 Å². The Kier molecular flexibility index (Phi) is 3.71. The second kappa shape index (κ2) is 5.67. The van der Waals surface area contributed by atoms with Gasteiger partial charge in [-0.25, -0.2) is 9.18 Å². The lowest BCUT2D eigenvalue weighted by atomic mass is 10.2. The van der Waals surface area contributed by atoms with Crippen LogP contribution in [-0.4, -0.2) is 21.7 Å². The quantitative estimate of drug-likeness (QED) is 0.693. The van der Waals surface area contributed by atoms with E-state index in [1.807, 2.05) is 40.6 Å². The molecule has 0 amide bonds. The summed E-state index contributed by atoms with van der Waals surface area (Å²) in [6.45, 7) is 2.51. The van der Waals surface area contributed by atoms with Gasteiger partial charge in [0.15, 0.2) is 0 Å². The molecule has 2 aromatic heterocycles. The molecule has 0 aliphatic carbocycles. The van der Waals surface area contributed by atoms with Crippen molar-refractivity contribution in [3.63, 3.8) is 0 Å². The fourth-order valence-electron chi connectivity index (χ4n) is 2.63. The lowest BCUT2D eigenvalue weighted by molar-refractivity contribution is 0.0515. The molecule has 2 heterocycles. The zero-order chi connectivity index (χ0) is 15.7. The fourth-order valence-corrected chi connectivity index (χ4v) is 2.63. The summed E-state index contributed by atoms with van der Waals surface area (Å²) in [4.78, 5) is 12.2.